The monoisotopic (exact) mass is 555 g/mol. The second-order valence-corrected chi connectivity index (χ2v) is 7.67. The summed E-state index contributed by atoms with van der Waals surface area (Å²) in [6, 6.07) is 10.1. The van der Waals surface area contributed by atoms with Crippen molar-refractivity contribution < 1.29 is 9.18 Å². The molecule has 1 N–H and O–H groups in total. The van der Waals surface area contributed by atoms with E-state index in [0.29, 0.717) is 41.7 Å². The number of benzene rings is 1. The Kier molecular flexibility index (Phi) is 6.96. The summed E-state index contributed by atoms with van der Waals surface area (Å²) in [6.07, 6.45) is 2.92. The highest BCUT2D eigenvalue weighted by Gasteiger charge is 2.28. The number of aromatic nitrogens is 1. The van der Waals surface area contributed by atoms with Crippen molar-refractivity contribution in [3.05, 3.63) is 52.4 Å². The number of nitrogens with zero attached hydrogens (tertiary/aromatic N) is 4. The SMILES string of the molecule is N#Cc1ccc(N2CCC(C(=O)/C(=N/I)Nc3ccc(F)c(Br)c3)CC2)nc1. The van der Waals surface area contributed by atoms with Crippen molar-refractivity contribution in [1.29, 1.82) is 5.26 Å². The molecule has 1 aliphatic rings. The predicted octanol–water partition coefficient (Wildman–Crippen LogP) is 4.50. The molecule has 2 aromatic rings. The highest BCUT2D eigenvalue weighted by molar-refractivity contribution is 14.1. The van der Waals surface area contributed by atoms with Crippen molar-refractivity contribution in [2.24, 2.45) is 9.12 Å². The number of nitrogens with one attached hydrogen (secondary N) is 1. The molecule has 1 saturated heterocycles. The Bertz CT molecular complexity index is 936. The number of nitriles is 1. The van der Waals surface area contributed by atoms with E-state index in [4.69, 9.17) is 5.26 Å². The summed E-state index contributed by atoms with van der Waals surface area (Å²) >= 11 is 4.93. The maximum Gasteiger partial charge on any atom is 0.201 e. The summed E-state index contributed by atoms with van der Waals surface area (Å²) in [4.78, 5) is 19.3. The molecular weight excluding hydrogens is 540 g/mol. The maximum absolute atomic E-state index is 13.4. The van der Waals surface area contributed by atoms with Crippen molar-refractivity contribution in [3.63, 3.8) is 0 Å². The van der Waals surface area contributed by atoms with Gasteiger partial charge in [0.2, 0.25) is 5.78 Å². The maximum atomic E-state index is 13.4. The molecule has 0 spiro atoms. The predicted molar refractivity (Wildman–Crippen MR) is 118 cm³/mol. The average Bonchev–Trinajstić information content (AvgIpc) is 2.74. The minimum Gasteiger partial charge on any atom is -0.357 e. The zero-order chi connectivity index (χ0) is 20.1. The van der Waals surface area contributed by atoms with Crippen LogP contribution in [0.15, 0.2) is 44.2 Å². The first-order valence-electron chi connectivity index (χ1n) is 8.58. The molecule has 0 aliphatic carbocycles. The zero-order valence-electron chi connectivity index (χ0n) is 14.7. The van der Waals surface area contributed by atoms with Crippen LogP contribution >= 0.6 is 38.8 Å². The third-order valence-electron chi connectivity index (χ3n) is 4.57. The zero-order valence-corrected chi connectivity index (χ0v) is 18.4. The van der Waals surface area contributed by atoms with Crippen molar-refractivity contribution in [2.45, 2.75) is 12.8 Å². The Morgan fingerprint density at radius 3 is 2.68 bits per heavy atom. The summed E-state index contributed by atoms with van der Waals surface area (Å²) in [5, 5.41) is 11.9. The van der Waals surface area contributed by atoms with Crippen LogP contribution in [0.3, 0.4) is 0 Å². The average molecular weight is 556 g/mol. The van der Waals surface area contributed by atoms with Gasteiger partial charge in [0, 0.05) is 30.9 Å². The van der Waals surface area contributed by atoms with E-state index in [0.717, 1.165) is 5.82 Å². The van der Waals surface area contributed by atoms with E-state index in [9.17, 15) is 9.18 Å². The summed E-state index contributed by atoms with van der Waals surface area (Å²) in [6.45, 7) is 1.40. The van der Waals surface area contributed by atoms with Gasteiger partial charge in [0.15, 0.2) is 5.84 Å². The molecule has 9 heteroatoms. The molecule has 2 heterocycles. The van der Waals surface area contributed by atoms with E-state index in [1.54, 1.807) is 47.3 Å². The number of Topliss-reactive ketones (excluding diaryl/α,β-unsaturated/α-hetero) is 1. The third kappa shape index (κ3) is 4.86. The molecule has 1 fully saturated rings. The van der Waals surface area contributed by atoms with E-state index in [2.05, 4.69) is 40.4 Å². The van der Waals surface area contributed by atoms with Crippen LogP contribution in [0, 0.1) is 23.1 Å². The third-order valence-corrected chi connectivity index (χ3v) is 5.66. The van der Waals surface area contributed by atoms with Crippen LogP contribution < -0.4 is 10.2 Å². The number of amidine groups is 1. The summed E-state index contributed by atoms with van der Waals surface area (Å²) in [7, 11) is 0. The first-order valence-corrected chi connectivity index (χ1v) is 10.3. The lowest BCUT2D eigenvalue weighted by Gasteiger charge is -2.32. The number of pyridine rings is 1. The number of anilines is 2. The van der Waals surface area contributed by atoms with Gasteiger partial charge in [-0.25, -0.2) is 9.37 Å². The van der Waals surface area contributed by atoms with Gasteiger partial charge in [0.25, 0.3) is 0 Å². The normalized spacial score (nSPS) is 15.2. The Labute approximate surface area is 184 Å². The van der Waals surface area contributed by atoms with E-state index < -0.39 is 0 Å². The number of piperidine rings is 1. The van der Waals surface area contributed by atoms with Crippen molar-refractivity contribution in [2.75, 3.05) is 23.3 Å². The summed E-state index contributed by atoms with van der Waals surface area (Å²) in [5.41, 5.74) is 1.12. The first kappa shape index (κ1) is 20.7. The largest absolute Gasteiger partial charge is 0.357 e. The summed E-state index contributed by atoms with van der Waals surface area (Å²) in [5.74, 6) is 0.506. The Hall–Kier alpha value is -2.06. The molecule has 1 aromatic heterocycles. The number of ketones is 1. The number of hydrogen-bond acceptors (Lipinski definition) is 5. The molecule has 0 bridgehead atoms. The lowest BCUT2D eigenvalue weighted by molar-refractivity contribution is -0.116. The molecule has 0 atom stereocenters. The standard InChI is InChI=1S/C19H16BrFIN5O/c20-15-9-14(2-3-16(15)21)25-19(26-22)18(28)13-5-7-27(8-6-13)17-4-1-12(10-23)11-24-17/h1-4,9,11,13H,5-8H2,(H,25,26). The fraction of sp³-hybridized carbons (Fsp3) is 0.263. The molecule has 0 radical (unpaired) electrons. The summed E-state index contributed by atoms with van der Waals surface area (Å²) < 4.78 is 17.8. The van der Waals surface area contributed by atoms with Crippen LogP contribution in [0.4, 0.5) is 15.9 Å². The second kappa shape index (κ2) is 9.43. The number of halogens is 3. The Morgan fingerprint density at radius 2 is 2.11 bits per heavy atom. The van der Waals surface area contributed by atoms with E-state index in [-0.39, 0.29) is 23.4 Å². The van der Waals surface area contributed by atoms with Gasteiger partial charge in [0.1, 0.15) is 17.7 Å². The molecule has 3 rings (SSSR count). The van der Waals surface area contributed by atoms with E-state index in [1.807, 2.05) is 6.07 Å². The van der Waals surface area contributed by atoms with Gasteiger partial charge in [-0.15, -0.1) is 0 Å². The van der Waals surface area contributed by atoms with Gasteiger partial charge >= 0.3 is 0 Å². The van der Waals surface area contributed by atoms with Crippen LogP contribution in [0.25, 0.3) is 0 Å². The van der Waals surface area contributed by atoms with Gasteiger partial charge in [-0.3, -0.25) is 4.79 Å². The number of hydrogen-bond donors (Lipinski definition) is 1. The minimum atomic E-state index is -0.367. The van der Waals surface area contributed by atoms with Crippen LogP contribution in [-0.4, -0.2) is 29.7 Å². The van der Waals surface area contributed by atoms with Gasteiger partial charge in [-0.2, -0.15) is 8.47 Å². The molecule has 0 saturated carbocycles. The van der Waals surface area contributed by atoms with Crippen molar-refractivity contribution >= 4 is 61.9 Å². The molecule has 1 aliphatic heterocycles. The van der Waals surface area contributed by atoms with Crippen LogP contribution in [0.1, 0.15) is 18.4 Å². The van der Waals surface area contributed by atoms with E-state index in [1.165, 1.54) is 6.07 Å². The quantitative estimate of drug-likeness (QED) is 0.341. The number of rotatable bonds is 4. The first-order chi connectivity index (χ1) is 13.5. The Morgan fingerprint density at radius 1 is 1.36 bits per heavy atom. The fourth-order valence-electron chi connectivity index (χ4n) is 3.04. The van der Waals surface area contributed by atoms with Crippen LogP contribution in [-0.2, 0) is 4.79 Å². The Balaban J connectivity index is 1.61. The number of carbonyl (C=O) groups excluding carboxylic acids is 1. The van der Waals surface area contributed by atoms with Crippen LogP contribution in [0.2, 0.25) is 0 Å². The highest BCUT2D eigenvalue weighted by Crippen LogP contribution is 2.25. The lowest BCUT2D eigenvalue weighted by atomic mass is 9.91. The molecule has 144 valence electrons. The van der Waals surface area contributed by atoms with Gasteiger partial charge in [0.05, 0.1) is 32.9 Å². The fourth-order valence-corrected chi connectivity index (χ4v) is 3.78. The molecule has 0 unspecified atom stereocenters. The molecule has 0 amide bonds. The minimum absolute atomic E-state index is 0.0534. The molecular formula is C19H16BrFIN5O. The van der Waals surface area contributed by atoms with Crippen LogP contribution in [0.5, 0.6) is 0 Å². The lowest BCUT2D eigenvalue weighted by Crippen LogP contribution is -2.40. The van der Waals surface area contributed by atoms with Crippen molar-refractivity contribution in [3.8, 4) is 6.07 Å². The smallest absolute Gasteiger partial charge is 0.201 e. The highest BCUT2D eigenvalue weighted by atomic mass is 127. The second-order valence-electron chi connectivity index (χ2n) is 6.33. The van der Waals surface area contributed by atoms with Gasteiger partial charge in [-0.1, -0.05) is 0 Å². The molecule has 1 aromatic carbocycles. The van der Waals surface area contributed by atoms with Gasteiger partial charge < -0.3 is 10.2 Å². The molecule has 6 nitrogen and oxygen atoms in total. The van der Waals surface area contributed by atoms with E-state index >= 15 is 0 Å². The van der Waals surface area contributed by atoms with Gasteiger partial charge in [-0.05, 0) is 59.1 Å². The number of carbonyl (C=O) groups is 1. The topological polar surface area (TPSA) is 81.4 Å². The van der Waals surface area contributed by atoms with Crippen molar-refractivity contribution in [1.82, 2.24) is 4.98 Å². The molecule has 28 heavy (non-hydrogen) atoms.